The summed E-state index contributed by atoms with van der Waals surface area (Å²) >= 11 is 0. The van der Waals surface area contributed by atoms with Gasteiger partial charge in [0.1, 0.15) is 0 Å². The summed E-state index contributed by atoms with van der Waals surface area (Å²) in [6, 6.07) is 2.87. The van der Waals surface area contributed by atoms with Crippen molar-refractivity contribution in [2.45, 2.75) is 38.3 Å². The minimum atomic E-state index is -0.788. The summed E-state index contributed by atoms with van der Waals surface area (Å²) in [5, 5.41) is 3.26. The maximum atomic E-state index is 14.4. The average Bonchev–Trinajstić information content (AvgIpc) is 2.52. The number of halogens is 2. The molecule has 1 fully saturated rings. The van der Waals surface area contributed by atoms with Gasteiger partial charge >= 0.3 is 0 Å². The zero-order valence-electron chi connectivity index (χ0n) is 12.8. The molecule has 3 nitrogen and oxygen atoms in total. The average molecular weight is 299 g/mol. The van der Waals surface area contributed by atoms with Crippen LogP contribution in [0, 0.1) is 18.6 Å². The number of rotatable bonds is 5. The van der Waals surface area contributed by atoms with E-state index < -0.39 is 23.3 Å². The Balaban J connectivity index is 2.45. The smallest absolute Gasteiger partial charge is 0.163 e. The topological polar surface area (TPSA) is 30.5 Å². The van der Waals surface area contributed by atoms with E-state index in [1.54, 1.807) is 26.2 Å². The lowest BCUT2D eigenvalue weighted by Gasteiger charge is -2.43. The van der Waals surface area contributed by atoms with E-state index >= 15 is 0 Å². The highest BCUT2D eigenvalue weighted by Gasteiger charge is 2.42. The van der Waals surface area contributed by atoms with Crippen molar-refractivity contribution in [2.75, 3.05) is 26.9 Å². The van der Waals surface area contributed by atoms with E-state index in [0.29, 0.717) is 43.7 Å². The third-order valence-corrected chi connectivity index (χ3v) is 4.30. The lowest BCUT2D eigenvalue weighted by atomic mass is 9.81. The molecular formula is C16H23F2NO2. The standard InChI is InChI=1S/C16H23F2NO2/c1-4-19-15(16(20-3)7-9-21-10-8-16)12-6-5-11(2)13(17)14(12)18/h5-6,15,19H,4,7-10H2,1-3H3. The molecule has 0 spiro atoms. The van der Waals surface area contributed by atoms with Crippen LogP contribution < -0.4 is 5.32 Å². The molecule has 1 aromatic rings. The molecule has 0 saturated carbocycles. The van der Waals surface area contributed by atoms with E-state index in [9.17, 15) is 8.78 Å². The van der Waals surface area contributed by atoms with Crippen LogP contribution in [0.2, 0.25) is 0 Å². The number of methoxy groups -OCH3 is 1. The van der Waals surface area contributed by atoms with Crippen LogP contribution in [0.3, 0.4) is 0 Å². The summed E-state index contributed by atoms with van der Waals surface area (Å²) in [6.07, 6.45) is 1.30. The Morgan fingerprint density at radius 1 is 1.29 bits per heavy atom. The molecular weight excluding hydrogens is 276 g/mol. The second kappa shape index (κ2) is 6.81. The van der Waals surface area contributed by atoms with Crippen molar-refractivity contribution in [2.24, 2.45) is 0 Å². The Bertz CT molecular complexity index is 487. The monoisotopic (exact) mass is 299 g/mol. The van der Waals surface area contributed by atoms with Gasteiger partial charge in [-0.2, -0.15) is 0 Å². The molecule has 1 saturated heterocycles. The first-order valence-electron chi connectivity index (χ1n) is 7.36. The van der Waals surface area contributed by atoms with Crippen LogP contribution in [0.4, 0.5) is 8.78 Å². The van der Waals surface area contributed by atoms with Crippen molar-refractivity contribution >= 4 is 0 Å². The number of benzene rings is 1. The van der Waals surface area contributed by atoms with Crippen molar-refractivity contribution in [1.82, 2.24) is 5.32 Å². The van der Waals surface area contributed by atoms with Gasteiger partial charge in [0.15, 0.2) is 11.6 Å². The SMILES string of the molecule is CCNC(c1ccc(C)c(F)c1F)C1(OC)CCOCC1. The van der Waals surface area contributed by atoms with Gasteiger partial charge in [0.05, 0.1) is 11.6 Å². The maximum absolute atomic E-state index is 14.4. The summed E-state index contributed by atoms with van der Waals surface area (Å²) in [6.45, 7) is 5.27. The van der Waals surface area contributed by atoms with Crippen LogP contribution in [-0.2, 0) is 9.47 Å². The zero-order chi connectivity index (χ0) is 15.5. The summed E-state index contributed by atoms with van der Waals surface area (Å²) in [5.74, 6) is -1.57. The van der Waals surface area contributed by atoms with E-state index in [1.807, 2.05) is 6.92 Å². The molecule has 2 rings (SSSR count). The number of aryl methyl sites for hydroxylation is 1. The molecule has 1 aliphatic heterocycles. The van der Waals surface area contributed by atoms with Crippen LogP contribution in [0.1, 0.15) is 36.9 Å². The van der Waals surface area contributed by atoms with Gasteiger partial charge in [-0.1, -0.05) is 19.1 Å². The number of nitrogens with one attached hydrogen (secondary N) is 1. The Morgan fingerprint density at radius 3 is 2.52 bits per heavy atom. The molecule has 1 aliphatic rings. The largest absolute Gasteiger partial charge is 0.381 e. The number of ether oxygens (including phenoxy) is 2. The summed E-state index contributed by atoms with van der Waals surface area (Å²) in [7, 11) is 1.62. The highest BCUT2D eigenvalue weighted by molar-refractivity contribution is 5.30. The highest BCUT2D eigenvalue weighted by Crippen LogP contribution is 2.38. The lowest BCUT2D eigenvalue weighted by Crippen LogP contribution is -2.49. The van der Waals surface area contributed by atoms with Crippen LogP contribution in [-0.4, -0.2) is 32.5 Å². The molecule has 0 bridgehead atoms. The highest BCUT2D eigenvalue weighted by atomic mass is 19.2. The molecule has 1 heterocycles. The van der Waals surface area contributed by atoms with Crippen LogP contribution in [0.5, 0.6) is 0 Å². The van der Waals surface area contributed by atoms with Gasteiger partial charge in [0, 0.05) is 38.7 Å². The molecule has 0 radical (unpaired) electrons. The Labute approximate surface area is 124 Å². The third kappa shape index (κ3) is 3.10. The molecule has 0 aliphatic carbocycles. The van der Waals surface area contributed by atoms with Crippen molar-refractivity contribution < 1.29 is 18.3 Å². The fourth-order valence-corrected chi connectivity index (χ4v) is 2.99. The van der Waals surface area contributed by atoms with Crippen LogP contribution >= 0.6 is 0 Å². The van der Waals surface area contributed by atoms with Gasteiger partial charge in [-0.05, 0) is 19.0 Å². The molecule has 1 unspecified atom stereocenters. The first kappa shape index (κ1) is 16.3. The summed E-state index contributed by atoms with van der Waals surface area (Å²) in [5.41, 5.74) is 0.0604. The van der Waals surface area contributed by atoms with E-state index in [0.717, 1.165) is 0 Å². The van der Waals surface area contributed by atoms with Crippen LogP contribution in [0.15, 0.2) is 12.1 Å². The van der Waals surface area contributed by atoms with Gasteiger partial charge in [0.2, 0.25) is 0 Å². The lowest BCUT2D eigenvalue weighted by molar-refractivity contribution is -0.112. The fraction of sp³-hybridized carbons (Fsp3) is 0.625. The summed E-state index contributed by atoms with van der Waals surface area (Å²) in [4.78, 5) is 0. The van der Waals surface area contributed by atoms with Crippen molar-refractivity contribution in [3.63, 3.8) is 0 Å². The fourth-order valence-electron chi connectivity index (χ4n) is 2.99. The van der Waals surface area contributed by atoms with Gasteiger partial charge in [-0.15, -0.1) is 0 Å². The first-order chi connectivity index (χ1) is 10.1. The van der Waals surface area contributed by atoms with Gasteiger partial charge in [0.25, 0.3) is 0 Å². The van der Waals surface area contributed by atoms with E-state index in [-0.39, 0.29) is 0 Å². The van der Waals surface area contributed by atoms with Gasteiger partial charge in [-0.25, -0.2) is 8.78 Å². The number of likely N-dealkylation sites (N-methyl/N-ethyl adjacent to an activating group) is 1. The molecule has 1 aromatic carbocycles. The quantitative estimate of drug-likeness (QED) is 0.906. The van der Waals surface area contributed by atoms with Gasteiger partial charge < -0.3 is 14.8 Å². The van der Waals surface area contributed by atoms with E-state index in [4.69, 9.17) is 9.47 Å². The zero-order valence-corrected chi connectivity index (χ0v) is 12.8. The Morgan fingerprint density at radius 2 is 1.95 bits per heavy atom. The van der Waals surface area contributed by atoms with Crippen molar-refractivity contribution in [3.05, 3.63) is 34.9 Å². The predicted molar refractivity (Wildman–Crippen MR) is 77.3 cm³/mol. The van der Waals surface area contributed by atoms with Crippen molar-refractivity contribution in [3.8, 4) is 0 Å². The number of hydrogen-bond donors (Lipinski definition) is 1. The van der Waals surface area contributed by atoms with E-state index in [1.165, 1.54) is 0 Å². The van der Waals surface area contributed by atoms with Gasteiger partial charge in [-0.3, -0.25) is 0 Å². The molecule has 1 atom stereocenters. The second-order valence-corrected chi connectivity index (χ2v) is 5.47. The molecule has 5 heteroatoms. The minimum Gasteiger partial charge on any atom is -0.381 e. The number of hydrogen-bond acceptors (Lipinski definition) is 3. The normalized spacial score (nSPS) is 19.5. The minimum absolute atomic E-state index is 0.310. The maximum Gasteiger partial charge on any atom is 0.163 e. The molecule has 118 valence electrons. The molecule has 0 aromatic heterocycles. The molecule has 0 amide bonds. The predicted octanol–water partition coefficient (Wildman–Crippen LogP) is 3.12. The Hall–Kier alpha value is -1.04. The van der Waals surface area contributed by atoms with Crippen LogP contribution in [0.25, 0.3) is 0 Å². The van der Waals surface area contributed by atoms with Crippen molar-refractivity contribution in [1.29, 1.82) is 0 Å². The van der Waals surface area contributed by atoms with E-state index in [2.05, 4.69) is 5.32 Å². The second-order valence-electron chi connectivity index (χ2n) is 5.47. The third-order valence-electron chi connectivity index (χ3n) is 4.30. The Kier molecular flexibility index (Phi) is 5.30. The first-order valence-corrected chi connectivity index (χ1v) is 7.36. The molecule has 1 N–H and O–H groups in total. The molecule has 21 heavy (non-hydrogen) atoms. The summed E-state index contributed by atoms with van der Waals surface area (Å²) < 4.78 is 39.4.